The molecule has 7 heteroatoms. The molecule has 0 radical (unpaired) electrons. The van der Waals surface area contributed by atoms with Gasteiger partial charge in [-0.15, -0.1) is 0 Å². The first-order chi connectivity index (χ1) is 10.1. The summed E-state index contributed by atoms with van der Waals surface area (Å²) in [5.41, 5.74) is 6.18. The highest BCUT2D eigenvalue weighted by molar-refractivity contribution is 6.31. The molecule has 1 heterocycles. The maximum Gasteiger partial charge on any atom is 0.407 e. The van der Waals surface area contributed by atoms with Crippen LogP contribution in [0.3, 0.4) is 0 Å². The lowest BCUT2D eigenvalue weighted by molar-refractivity contribution is 0.0524. The van der Waals surface area contributed by atoms with E-state index in [0.717, 1.165) is 0 Å². The normalized spacial score (nSPS) is 12.9. The lowest BCUT2D eigenvalue weighted by Crippen LogP contribution is -2.36. The van der Waals surface area contributed by atoms with Gasteiger partial charge in [0.2, 0.25) is 5.88 Å². The fraction of sp³-hybridized carbons (Fsp3) is 0.600. The van der Waals surface area contributed by atoms with Crippen molar-refractivity contribution in [3.63, 3.8) is 0 Å². The molecule has 1 unspecified atom stereocenters. The predicted octanol–water partition coefficient (Wildman–Crippen LogP) is 3.05. The monoisotopic (exact) mass is 329 g/mol. The van der Waals surface area contributed by atoms with Gasteiger partial charge < -0.3 is 20.5 Å². The van der Waals surface area contributed by atoms with E-state index >= 15 is 0 Å². The molecular weight excluding hydrogens is 306 g/mol. The fourth-order valence-electron chi connectivity index (χ4n) is 1.58. The molecule has 124 valence electrons. The van der Waals surface area contributed by atoms with Gasteiger partial charge in [-0.3, -0.25) is 0 Å². The van der Waals surface area contributed by atoms with Gasteiger partial charge >= 0.3 is 6.09 Å². The Morgan fingerprint density at radius 1 is 1.45 bits per heavy atom. The van der Waals surface area contributed by atoms with Gasteiger partial charge in [-0.25, -0.2) is 9.78 Å². The molecular formula is C15H24ClN3O3. The third-order valence-corrected chi connectivity index (χ3v) is 2.74. The first kappa shape index (κ1) is 18.5. The number of amides is 1. The zero-order valence-corrected chi connectivity index (χ0v) is 14.4. The number of carbonyl (C=O) groups is 1. The number of pyridine rings is 1. The first-order valence-electron chi connectivity index (χ1n) is 7.13. The van der Waals surface area contributed by atoms with Crippen LogP contribution in [-0.4, -0.2) is 29.3 Å². The standard InChI is InChI=1S/C15H24ClN3O3/c1-9(2)21-13-11(16)6-10(7-18-13)12(17)8-19-14(20)22-15(3,4)5/h6-7,9,12H,8,17H2,1-5H3,(H,19,20). The molecule has 22 heavy (non-hydrogen) atoms. The number of nitrogens with one attached hydrogen (secondary N) is 1. The first-order valence-corrected chi connectivity index (χ1v) is 7.51. The largest absolute Gasteiger partial charge is 0.474 e. The van der Waals surface area contributed by atoms with E-state index in [1.165, 1.54) is 0 Å². The van der Waals surface area contributed by atoms with E-state index in [1.54, 1.807) is 33.0 Å². The van der Waals surface area contributed by atoms with Crippen molar-refractivity contribution >= 4 is 17.7 Å². The number of alkyl carbamates (subject to hydrolysis) is 1. The summed E-state index contributed by atoms with van der Waals surface area (Å²) in [6.07, 6.45) is 1.06. The zero-order chi connectivity index (χ0) is 16.9. The quantitative estimate of drug-likeness (QED) is 0.867. The summed E-state index contributed by atoms with van der Waals surface area (Å²) >= 11 is 6.11. The Morgan fingerprint density at radius 3 is 2.59 bits per heavy atom. The van der Waals surface area contributed by atoms with Crippen LogP contribution in [0, 0.1) is 0 Å². The molecule has 0 aliphatic rings. The molecule has 0 spiro atoms. The third kappa shape index (κ3) is 6.49. The third-order valence-electron chi connectivity index (χ3n) is 2.47. The Balaban J connectivity index is 2.61. The Bertz CT molecular complexity index is 515. The number of carbonyl (C=O) groups excluding carboxylic acids is 1. The van der Waals surface area contributed by atoms with Crippen LogP contribution in [0.25, 0.3) is 0 Å². The SMILES string of the molecule is CC(C)Oc1ncc(C(N)CNC(=O)OC(C)(C)C)cc1Cl. The molecule has 3 N–H and O–H groups in total. The number of hydrogen-bond donors (Lipinski definition) is 2. The summed E-state index contributed by atoms with van der Waals surface area (Å²) in [6.45, 7) is 9.39. The van der Waals surface area contributed by atoms with Gasteiger partial charge in [0.05, 0.1) is 6.10 Å². The summed E-state index contributed by atoms with van der Waals surface area (Å²) in [5.74, 6) is 0.368. The van der Waals surface area contributed by atoms with Crippen LogP contribution in [0.1, 0.15) is 46.2 Å². The van der Waals surface area contributed by atoms with Gasteiger partial charge in [0.25, 0.3) is 0 Å². The second-order valence-corrected chi connectivity index (χ2v) is 6.62. The average molecular weight is 330 g/mol. The number of ether oxygens (including phenoxy) is 2. The molecule has 0 aromatic carbocycles. The summed E-state index contributed by atoms with van der Waals surface area (Å²) in [7, 11) is 0. The Labute approximate surface area is 136 Å². The molecule has 0 fully saturated rings. The zero-order valence-electron chi connectivity index (χ0n) is 13.6. The molecule has 0 aliphatic carbocycles. The average Bonchev–Trinajstić information content (AvgIpc) is 2.36. The van der Waals surface area contributed by atoms with Crippen molar-refractivity contribution < 1.29 is 14.3 Å². The molecule has 6 nitrogen and oxygen atoms in total. The summed E-state index contributed by atoms with van der Waals surface area (Å²) in [5, 5.41) is 3.00. The van der Waals surface area contributed by atoms with Crippen LogP contribution < -0.4 is 15.8 Å². The molecule has 1 aromatic heterocycles. The number of halogens is 1. The number of rotatable bonds is 5. The molecule has 0 bridgehead atoms. The second-order valence-electron chi connectivity index (χ2n) is 6.21. The lowest BCUT2D eigenvalue weighted by Gasteiger charge is -2.21. The Morgan fingerprint density at radius 2 is 2.09 bits per heavy atom. The van der Waals surface area contributed by atoms with Crippen LogP contribution in [0.2, 0.25) is 5.02 Å². The van der Waals surface area contributed by atoms with Crippen molar-refractivity contribution in [1.82, 2.24) is 10.3 Å². The fourth-order valence-corrected chi connectivity index (χ4v) is 1.80. The van der Waals surface area contributed by atoms with Crippen molar-refractivity contribution in [3.05, 3.63) is 22.8 Å². The van der Waals surface area contributed by atoms with E-state index in [1.807, 2.05) is 13.8 Å². The number of nitrogens with two attached hydrogens (primary N) is 1. The molecule has 0 saturated carbocycles. The van der Waals surface area contributed by atoms with Gasteiger partial charge in [-0.2, -0.15) is 0 Å². The lowest BCUT2D eigenvalue weighted by atomic mass is 10.1. The molecule has 1 atom stereocenters. The molecule has 1 rings (SSSR count). The minimum atomic E-state index is -0.547. The van der Waals surface area contributed by atoms with Crippen molar-refractivity contribution in [3.8, 4) is 5.88 Å². The van der Waals surface area contributed by atoms with Crippen LogP contribution in [0.15, 0.2) is 12.3 Å². The highest BCUT2D eigenvalue weighted by Crippen LogP contribution is 2.25. The van der Waals surface area contributed by atoms with Crippen molar-refractivity contribution in [2.24, 2.45) is 5.73 Å². The van der Waals surface area contributed by atoms with Crippen molar-refractivity contribution in [1.29, 1.82) is 0 Å². The van der Waals surface area contributed by atoms with Gasteiger partial charge in [0.15, 0.2) is 0 Å². The molecule has 1 amide bonds. The molecule has 0 saturated heterocycles. The highest BCUT2D eigenvalue weighted by Gasteiger charge is 2.17. The van der Waals surface area contributed by atoms with E-state index in [9.17, 15) is 4.79 Å². The topological polar surface area (TPSA) is 86.5 Å². The molecule has 1 aromatic rings. The van der Waals surface area contributed by atoms with E-state index in [-0.39, 0.29) is 12.6 Å². The second kappa shape index (κ2) is 7.65. The minimum Gasteiger partial charge on any atom is -0.474 e. The van der Waals surface area contributed by atoms with E-state index < -0.39 is 17.7 Å². The minimum absolute atomic E-state index is 0.0154. The molecule has 0 aliphatic heterocycles. The van der Waals surface area contributed by atoms with Crippen LogP contribution in [0.5, 0.6) is 5.88 Å². The maximum atomic E-state index is 11.6. The number of nitrogens with zero attached hydrogens (tertiary/aromatic N) is 1. The Kier molecular flexibility index (Phi) is 6.44. The van der Waals surface area contributed by atoms with Gasteiger partial charge in [0.1, 0.15) is 10.6 Å². The van der Waals surface area contributed by atoms with Gasteiger partial charge in [-0.1, -0.05) is 11.6 Å². The highest BCUT2D eigenvalue weighted by atomic mass is 35.5. The van der Waals surface area contributed by atoms with Gasteiger partial charge in [0, 0.05) is 18.8 Å². The van der Waals surface area contributed by atoms with E-state index in [4.69, 9.17) is 26.8 Å². The van der Waals surface area contributed by atoms with Crippen LogP contribution in [0.4, 0.5) is 4.79 Å². The smallest absolute Gasteiger partial charge is 0.407 e. The van der Waals surface area contributed by atoms with E-state index in [2.05, 4.69) is 10.3 Å². The summed E-state index contributed by atoms with van der Waals surface area (Å²) in [6, 6.07) is 1.25. The predicted molar refractivity (Wildman–Crippen MR) is 86.2 cm³/mol. The number of aromatic nitrogens is 1. The van der Waals surface area contributed by atoms with Crippen LogP contribution in [-0.2, 0) is 4.74 Å². The van der Waals surface area contributed by atoms with Crippen molar-refractivity contribution in [2.45, 2.75) is 52.4 Å². The maximum absolute atomic E-state index is 11.6. The van der Waals surface area contributed by atoms with Crippen LogP contribution >= 0.6 is 11.6 Å². The van der Waals surface area contributed by atoms with Crippen molar-refractivity contribution in [2.75, 3.05) is 6.54 Å². The Hall–Kier alpha value is -1.53. The van der Waals surface area contributed by atoms with E-state index in [0.29, 0.717) is 16.5 Å². The summed E-state index contributed by atoms with van der Waals surface area (Å²) < 4.78 is 10.6. The summed E-state index contributed by atoms with van der Waals surface area (Å²) in [4.78, 5) is 15.7. The van der Waals surface area contributed by atoms with Gasteiger partial charge in [-0.05, 0) is 46.2 Å². The number of hydrogen-bond acceptors (Lipinski definition) is 5.